The molecule has 0 radical (unpaired) electrons. The Bertz CT molecular complexity index is 649. The van der Waals surface area contributed by atoms with Gasteiger partial charge in [-0.25, -0.2) is 0 Å². The number of benzene rings is 1. The lowest BCUT2D eigenvalue weighted by Gasteiger charge is -2.17. The predicted octanol–water partition coefficient (Wildman–Crippen LogP) is 4.75. The number of rotatable bonds is 4. The van der Waals surface area contributed by atoms with Gasteiger partial charge in [-0.3, -0.25) is 10.1 Å². The summed E-state index contributed by atoms with van der Waals surface area (Å²) in [7, 11) is 0. The van der Waals surface area contributed by atoms with Gasteiger partial charge in [0.05, 0.1) is 4.92 Å². The predicted molar refractivity (Wildman–Crippen MR) is 83.7 cm³/mol. The number of nitro benzene ring substituents is 1. The monoisotopic (exact) mass is 290 g/mol. The summed E-state index contributed by atoms with van der Waals surface area (Å²) in [4.78, 5) is 13.3. The highest BCUT2D eigenvalue weighted by molar-refractivity contribution is 7.12. The summed E-state index contributed by atoms with van der Waals surface area (Å²) in [6.07, 6.45) is 0. The van der Waals surface area contributed by atoms with Crippen LogP contribution in [0.15, 0.2) is 24.3 Å². The van der Waals surface area contributed by atoms with Crippen molar-refractivity contribution in [3.8, 4) is 0 Å². The van der Waals surface area contributed by atoms with Gasteiger partial charge in [0.2, 0.25) is 0 Å². The number of hydrogen-bond acceptors (Lipinski definition) is 4. The molecule has 5 heteroatoms. The van der Waals surface area contributed by atoms with Crippen LogP contribution in [0, 0.1) is 30.9 Å². The van der Waals surface area contributed by atoms with Crippen molar-refractivity contribution in [1.82, 2.24) is 0 Å². The lowest BCUT2D eigenvalue weighted by atomic mass is 10.1. The summed E-state index contributed by atoms with van der Waals surface area (Å²) in [6, 6.07) is 7.31. The van der Waals surface area contributed by atoms with E-state index in [0.29, 0.717) is 5.69 Å². The number of aryl methyl sites for hydroxylation is 3. The third-order valence-corrected chi connectivity index (χ3v) is 4.34. The molecule has 1 heterocycles. The summed E-state index contributed by atoms with van der Waals surface area (Å²) in [5, 5.41) is 14.4. The molecule has 0 aliphatic rings. The highest BCUT2D eigenvalue weighted by atomic mass is 32.1. The number of nitrogens with one attached hydrogen (secondary N) is 1. The zero-order chi connectivity index (χ0) is 14.9. The van der Waals surface area contributed by atoms with Gasteiger partial charge in [-0.15, -0.1) is 11.3 Å². The Labute approximate surface area is 122 Å². The maximum atomic E-state index is 11.1. The summed E-state index contributed by atoms with van der Waals surface area (Å²) in [5.41, 5.74) is 2.82. The van der Waals surface area contributed by atoms with Crippen LogP contribution < -0.4 is 5.32 Å². The Kier molecular flexibility index (Phi) is 4.09. The van der Waals surface area contributed by atoms with Crippen molar-refractivity contribution in [2.75, 3.05) is 5.32 Å². The van der Waals surface area contributed by atoms with Crippen LogP contribution in [0.5, 0.6) is 0 Å². The van der Waals surface area contributed by atoms with Crippen LogP contribution in [-0.4, -0.2) is 4.92 Å². The Morgan fingerprint density at radius 1 is 1.30 bits per heavy atom. The van der Waals surface area contributed by atoms with E-state index in [1.165, 1.54) is 21.4 Å². The van der Waals surface area contributed by atoms with Crippen molar-refractivity contribution in [2.45, 2.75) is 33.7 Å². The Morgan fingerprint density at radius 3 is 2.55 bits per heavy atom. The van der Waals surface area contributed by atoms with Gasteiger partial charge < -0.3 is 5.32 Å². The first-order valence-corrected chi connectivity index (χ1v) is 7.29. The number of anilines is 1. The molecule has 2 aromatic rings. The normalized spacial score (nSPS) is 12.2. The fraction of sp³-hybridized carbons (Fsp3) is 0.333. The number of nitro groups is 1. The van der Waals surface area contributed by atoms with E-state index in [0.717, 1.165) is 5.56 Å². The van der Waals surface area contributed by atoms with Gasteiger partial charge in [0.1, 0.15) is 5.69 Å². The molecule has 0 bridgehead atoms. The van der Waals surface area contributed by atoms with Gasteiger partial charge >= 0.3 is 0 Å². The van der Waals surface area contributed by atoms with Crippen LogP contribution in [-0.2, 0) is 0 Å². The molecular formula is C15H18N2O2S. The first-order valence-electron chi connectivity index (χ1n) is 6.47. The molecule has 1 atom stereocenters. The lowest BCUT2D eigenvalue weighted by molar-refractivity contribution is -0.384. The van der Waals surface area contributed by atoms with Gasteiger partial charge in [0.25, 0.3) is 5.69 Å². The van der Waals surface area contributed by atoms with Crippen LogP contribution in [0.25, 0.3) is 0 Å². The summed E-state index contributed by atoms with van der Waals surface area (Å²) in [5.74, 6) is 0. The van der Waals surface area contributed by atoms with Gasteiger partial charge in [-0.05, 0) is 44.9 Å². The minimum atomic E-state index is -0.340. The molecular weight excluding hydrogens is 272 g/mol. The number of para-hydroxylation sites is 1. The SMILES string of the molecule is Cc1cc(C(C)Nc2c(C)cccc2[N+](=O)[O-])c(C)s1. The second-order valence-electron chi connectivity index (χ2n) is 4.96. The largest absolute Gasteiger partial charge is 0.373 e. The third-order valence-electron chi connectivity index (χ3n) is 3.35. The molecule has 1 aromatic heterocycles. The van der Waals surface area contributed by atoms with Crippen molar-refractivity contribution in [1.29, 1.82) is 0 Å². The molecule has 20 heavy (non-hydrogen) atoms. The standard InChI is InChI=1S/C15H18N2O2S/c1-9-6-5-7-14(17(18)19)15(9)16-11(3)13-8-10(2)20-12(13)4/h5-8,11,16H,1-4H3. The molecule has 0 fully saturated rings. The molecule has 106 valence electrons. The maximum absolute atomic E-state index is 11.1. The molecule has 0 spiro atoms. The minimum absolute atomic E-state index is 0.0414. The van der Waals surface area contributed by atoms with E-state index in [1.807, 2.05) is 19.9 Å². The van der Waals surface area contributed by atoms with E-state index in [1.54, 1.807) is 17.4 Å². The van der Waals surface area contributed by atoms with E-state index in [4.69, 9.17) is 0 Å². The first-order chi connectivity index (χ1) is 9.40. The smallest absolute Gasteiger partial charge is 0.292 e. The molecule has 0 saturated carbocycles. The fourth-order valence-electron chi connectivity index (χ4n) is 2.37. The zero-order valence-corrected chi connectivity index (χ0v) is 12.9. The van der Waals surface area contributed by atoms with Crippen LogP contribution in [0.3, 0.4) is 0 Å². The average Bonchev–Trinajstić information content (AvgIpc) is 2.70. The molecule has 1 aromatic carbocycles. The first kappa shape index (κ1) is 14.5. The fourth-order valence-corrected chi connectivity index (χ4v) is 3.39. The lowest BCUT2D eigenvalue weighted by Crippen LogP contribution is -2.09. The van der Waals surface area contributed by atoms with Gasteiger partial charge in [-0.2, -0.15) is 0 Å². The quantitative estimate of drug-likeness (QED) is 0.652. The second-order valence-corrected chi connectivity index (χ2v) is 6.42. The zero-order valence-electron chi connectivity index (χ0n) is 12.1. The van der Waals surface area contributed by atoms with Gasteiger partial charge in [0, 0.05) is 21.9 Å². The van der Waals surface area contributed by atoms with Crippen LogP contribution in [0.1, 0.15) is 33.8 Å². The summed E-state index contributed by atoms with van der Waals surface area (Å²) < 4.78 is 0. The molecule has 0 amide bonds. The van der Waals surface area contributed by atoms with E-state index < -0.39 is 0 Å². The van der Waals surface area contributed by atoms with E-state index >= 15 is 0 Å². The highest BCUT2D eigenvalue weighted by Gasteiger charge is 2.19. The summed E-state index contributed by atoms with van der Waals surface area (Å²) >= 11 is 1.75. The Morgan fingerprint density at radius 2 is 2.00 bits per heavy atom. The molecule has 0 aliphatic carbocycles. The van der Waals surface area contributed by atoms with Crippen LogP contribution in [0.4, 0.5) is 11.4 Å². The highest BCUT2D eigenvalue weighted by Crippen LogP contribution is 2.33. The number of thiophene rings is 1. The van der Waals surface area contributed by atoms with Crippen molar-refractivity contribution < 1.29 is 4.92 Å². The van der Waals surface area contributed by atoms with Crippen molar-refractivity contribution in [3.63, 3.8) is 0 Å². The molecule has 0 saturated heterocycles. The van der Waals surface area contributed by atoms with E-state index in [2.05, 4.69) is 25.2 Å². The molecule has 0 aliphatic heterocycles. The molecule has 2 rings (SSSR count). The van der Waals surface area contributed by atoms with Crippen LogP contribution >= 0.6 is 11.3 Å². The average molecular weight is 290 g/mol. The maximum Gasteiger partial charge on any atom is 0.292 e. The molecule has 1 unspecified atom stereocenters. The Balaban J connectivity index is 2.35. The van der Waals surface area contributed by atoms with Gasteiger partial charge in [0.15, 0.2) is 0 Å². The minimum Gasteiger partial charge on any atom is -0.373 e. The Hall–Kier alpha value is -1.88. The van der Waals surface area contributed by atoms with Gasteiger partial charge in [-0.1, -0.05) is 12.1 Å². The second kappa shape index (κ2) is 5.63. The van der Waals surface area contributed by atoms with E-state index in [-0.39, 0.29) is 16.7 Å². The topological polar surface area (TPSA) is 55.2 Å². The van der Waals surface area contributed by atoms with Crippen molar-refractivity contribution in [3.05, 3.63) is 55.3 Å². The molecule has 1 N–H and O–H groups in total. The third kappa shape index (κ3) is 2.82. The van der Waals surface area contributed by atoms with Crippen molar-refractivity contribution in [2.24, 2.45) is 0 Å². The van der Waals surface area contributed by atoms with Crippen LogP contribution in [0.2, 0.25) is 0 Å². The number of hydrogen-bond donors (Lipinski definition) is 1. The summed E-state index contributed by atoms with van der Waals surface area (Å²) in [6.45, 7) is 8.07. The number of nitrogens with zero attached hydrogens (tertiary/aromatic N) is 1. The molecule has 4 nitrogen and oxygen atoms in total. The van der Waals surface area contributed by atoms with E-state index in [9.17, 15) is 10.1 Å². The van der Waals surface area contributed by atoms with Crippen molar-refractivity contribution >= 4 is 22.7 Å².